The highest BCUT2D eigenvalue weighted by atomic mass is 32.1. The van der Waals surface area contributed by atoms with Crippen molar-refractivity contribution >= 4 is 39.4 Å². The van der Waals surface area contributed by atoms with E-state index in [0.717, 1.165) is 17.5 Å². The zero-order valence-electron chi connectivity index (χ0n) is 9.67. The second-order valence-corrected chi connectivity index (χ2v) is 5.40. The molecule has 18 heavy (non-hydrogen) atoms. The molecular formula is C14H12N2S2. The van der Waals surface area contributed by atoms with E-state index in [4.69, 9.17) is 18.0 Å². The molecule has 0 amide bonds. The van der Waals surface area contributed by atoms with Crippen LogP contribution in [0.3, 0.4) is 0 Å². The van der Waals surface area contributed by atoms with Gasteiger partial charge in [-0.25, -0.2) is 0 Å². The zero-order valence-corrected chi connectivity index (χ0v) is 11.3. The molecule has 0 spiro atoms. The molecule has 0 unspecified atom stereocenters. The van der Waals surface area contributed by atoms with Crippen LogP contribution in [-0.2, 0) is 6.54 Å². The van der Waals surface area contributed by atoms with Crippen LogP contribution in [0, 0.1) is 0 Å². The van der Waals surface area contributed by atoms with E-state index in [2.05, 4.69) is 39.7 Å². The van der Waals surface area contributed by atoms with E-state index in [1.54, 1.807) is 11.3 Å². The van der Waals surface area contributed by atoms with Gasteiger partial charge in [0.15, 0.2) is 0 Å². The molecule has 1 aromatic carbocycles. The summed E-state index contributed by atoms with van der Waals surface area (Å²) in [5.41, 5.74) is 9.19. The third kappa shape index (κ3) is 1.94. The SMILES string of the molecule is NC(=S)c1cccc2c1ccn2Cc1ccsc1. The predicted molar refractivity (Wildman–Crippen MR) is 81.2 cm³/mol. The van der Waals surface area contributed by atoms with Crippen LogP contribution in [0.15, 0.2) is 47.3 Å². The molecule has 0 saturated carbocycles. The lowest BCUT2D eigenvalue weighted by Crippen LogP contribution is -2.09. The maximum Gasteiger partial charge on any atom is 0.104 e. The first-order chi connectivity index (χ1) is 8.75. The fourth-order valence-electron chi connectivity index (χ4n) is 2.16. The average Bonchev–Trinajstić information content (AvgIpc) is 2.99. The molecule has 2 nitrogen and oxygen atoms in total. The van der Waals surface area contributed by atoms with Crippen molar-refractivity contribution in [2.75, 3.05) is 0 Å². The summed E-state index contributed by atoms with van der Waals surface area (Å²) in [7, 11) is 0. The molecule has 0 aliphatic rings. The van der Waals surface area contributed by atoms with E-state index in [-0.39, 0.29) is 0 Å². The van der Waals surface area contributed by atoms with Crippen LogP contribution < -0.4 is 5.73 Å². The fraction of sp³-hybridized carbons (Fsp3) is 0.0714. The Morgan fingerprint density at radius 3 is 2.89 bits per heavy atom. The van der Waals surface area contributed by atoms with Crippen LogP contribution in [0.4, 0.5) is 0 Å². The van der Waals surface area contributed by atoms with Crippen LogP contribution in [0.1, 0.15) is 11.1 Å². The van der Waals surface area contributed by atoms with Gasteiger partial charge in [0.25, 0.3) is 0 Å². The highest BCUT2D eigenvalue weighted by molar-refractivity contribution is 7.80. The van der Waals surface area contributed by atoms with Crippen molar-refractivity contribution in [3.63, 3.8) is 0 Å². The number of thiocarbonyl (C=S) groups is 1. The maximum atomic E-state index is 5.75. The van der Waals surface area contributed by atoms with Gasteiger partial charge in [-0.2, -0.15) is 11.3 Å². The van der Waals surface area contributed by atoms with E-state index in [9.17, 15) is 0 Å². The molecule has 0 aliphatic carbocycles. The summed E-state index contributed by atoms with van der Waals surface area (Å²) >= 11 is 6.81. The van der Waals surface area contributed by atoms with Crippen molar-refractivity contribution < 1.29 is 0 Å². The number of hydrogen-bond donors (Lipinski definition) is 1. The number of nitrogens with zero attached hydrogens (tertiary/aromatic N) is 1. The molecule has 0 fully saturated rings. The third-order valence-corrected chi connectivity index (χ3v) is 3.96. The van der Waals surface area contributed by atoms with E-state index < -0.39 is 0 Å². The molecule has 4 heteroatoms. The smallest absolute Gasteiger partial charge is 0.104 e. The minimum Gasteiger partial charge on any atom is -0.389 e. The van der Waals surface area contributed by atoms with Crippen LogP contribution in [-0.4, -0.2) is 9.56 Å². The van der Waals surface area contributed by atoms with Crippen molar-refractivity contribution in [2.45, 2.75) is 6.54 Å². The zero-order chi connectivity index (χ0) is 12.5. The first kappa shape index (κ1) is 11.4. The van der Waals surface area contributed by atoms with Gasteiger partial charge in [-0.1, -0.05) is 24.4 Å². The first-order valence-electron chi connectivity index (χ1n) is 5.64. The highest BCUT2D eigenvalue weighted by Gasteiger charge is 2.07. The number of benzene rings is 1. The molecule has 90 valence electrons. The Morgan fingerprint density at radius 2 is 2.17 bits per heavy atom. The Hall–Kier alpha value is -1.65. The summed E-state index contributed by atoms with van der Waals surface area (Å²) in [6.07, 6.45) is 2.09. The summed E-state index contributed by atoms with van der Waals surface area (Å²) in [5.74, 6) is 0. The van der Waals surface area contributed by atoms with Crippen molar-refractivity contribution in [1.82, 2.24) is 4.57 Å². The van der Waals surface area contributed by atoms with Crippen molar-refractivity contribution in [2.24, 2.45) is 5.73 Å². The van der Waals surface area contributed by atoms with Gasteiger partial charge >= 0.3 is 0 Å². The summed E-state index contributed by atoms with van der Waals surface area (Å²) in [5, 5.41) is 5.39. The predicted octanol–water partition coefficient (Wildman–Crippen LogP) is 3.39. The van der Waals surface area contributed by atoms with E-state index in [0.29, 0.717) is 4.99 Å². The van der Waals surface area contributed by atoms with E-state index >= 15 is 0 Å². The Kier molecular flexibility index (Phi) is 2.89. The molecule has 3 aromatic rings. The second kappa shape index (κ2) is 4.55. The quantitative estimate of drug-likeness (QED) is 0.741. The van der Waals surface area contributed by atoms with Crippen LogP contribution in [0.2, 0.25) is 0 Å². The topological polar surface area (TPSA) is 30.9 Å². The summed E-state index contributed by atoms with van der Waals surface area (Å²) in [6.45, 7) is 0.883. The molecule has 2 heterocycles. The Labute approximate surface area is 115 Å². The number of thiophene rings is 1. The molecule has 3 rings (SSSR count). The van der Waals surface area contributed by atoms with Gasteiger partial charge in [0, 0.05) is 29.2 Å². The minimum atomic E-state index is 0.453. The monoisotopic (exact) mass is 272 g/mol. The lowest BCUT2D eigenvalue weighted by Gasteiger charge is -2.05. The number of rotatable bonds is 3. The van der Waals surface area contributed by atoms with Gasteiger partial charge in [-0.3, -0.25) is 0 Å². The van der Waals surface area contributed by atoms with Gasteiger partial charge in [-0.15, -0.1) is 0 Å². The fourth-order valence-corrected chi connectivity index (χ4v) is 2.99. The number of fused-ring (bicyclic) bond motifs is 1. The lowest BCUT2D eigenvalue weighted by atomic mass is 10.1. The first-order valence-corrected chi connectivity index (χ1v) is 6.99. The molecule has 2 aromatic heterocycles. The van der Waals surface area contributed by atoms with Gasteiger partial charge < -0.3 is 10.3 Å². The highest BCUT2D eigenvalue weighted by Crippen LogP contribution is 2.21. The van der Waals surface area contributed by atoms with E-state index in [1.165, 1.54) is 11.1 Å². The minimum absolute atomic E-state index is 0.453. The molecule has 0 radical (unpaired) electrons. The van der Waals surface area contributed by atoms with Gasteiger partial charge in [0.2, 0.25) is 0 Å². The number of hydrogen-bond acceptors (Lipinski definition) is 2. The lowest BCUT2D eigenvalue weighted by molar-refractivity contribution is 0.840. The van der Waals surface area contributed by atoms with Crippen LogP contribution in [0.25, 0.3) is 10.9 Å². The average molecular weight is 272 g/mol. The summed E-state index contributed by atoms with van der Waals surface area (Å²) in [4.78, 5) is 0.453. The number of nitrogens with two attached hydrogens (primary N) is 1. The van der Waals surface area contributed by atoms with Gasteiger partial charge in [0.05, 0.1) is 0 Å². The van der Waals surface area contributed by atoms with Crippen molar-refractivity contribution in [3.8, 4) is 0 Å². The van der Waals surface area contributed by atoms with Crippen LogP contribution >= 0.6 is 23.6 Å². The largest absolute Gasteiger partial charge is 0.389 e. The molecule has 0 saturated heterocycles. The Bertz CT molecular complexity index is 696. The molecular weight excluding hydrogens is 260 g/mol. The van der Waals surface area contributed by atoms with Gasteiger partial charge in [0.1, 0.15) is 4.99 Å². The van der Waals surface area contributed by atoms with Crippen molar-refractivity contribution in [3.05, 3.63) is 58.4 Å². The Balaban J connectivity index is 2.09. The standard InChI is InChI=1S/C14H12N2S2/c15-14(17)12-2-1-3-13-11(12)4-6-16(13)8-10-5-7-18-9-10/h1-7,9H,8H2,(H2,15,17). The third-order valence-electron chi connectivity index (χ3n) is 3.01. The van der Waals surface area contributed by atoms with Crippen molar-refractivity contribution in [1.29, 1.82) is 0 Å². The Morgan fingerprint density at radius 1 is 1.28 bits per heavy atom. The normalized spacial score (nSPS) is 10.9. The molecule has 0 bridgehead atoms. The van der Waals surface area contributed by atoms with Gasteiger partial charge in [-0.05, 0) is 34.5 Å². The number of aromatic nitrogens is 1. The van der Waals surface area contributed by atoms with Crippen LogP contribution in [0.5, 0.6) is 0 Å². The van der Waals surface area contributed by atoms with E-state index in [1.807, 2.05) is 12.1 Å². The molecule has 0 atom stereocenters. The summed E-state index contributed by atoms with van der Waals surface area (Å²) < 4.78 is 2.22. The molecule has 0 aliphatic heterocycles. The maximum absolute atomic E-state index is 5.75. The summed E-state index contributed by atoms with van der Waals surface area (Å²) in [6, 6.07) is 10.3. The second-order valence-electron chi connectivity index (χ2n) is 4.18. The molecule has 2 N–H and O–H groups in total.